The van der Waals surface area contributed by atoms with Crippen molar-refractivity contribution >= 4 is 17.5 Å². The number of aliphatic hydroxyl groups is 1. The van der Waals surface area contributed by atoms with Crippen LogP contribution in [0.25, 0.3) is 11.6 Å². The number of nitrogens with zero attached hydrogens (tertiary/aromatic N) is 5. The van der Waals surface area contributed by atoms with Crippen LogP contribution in [0.5, 0.6) is 0 Å². The van der Waals surface area contributed by atoms with E-state index in [-0.39, 0.29) is 43.0 Å². The third-order valence-electron chi connectivity index (χ3n) is 8.78. The summed E-state index contributed by atoms with van der Waals surface area (Å²) in [6, 6.07) is 0.0178. The van der Waals surface area contributed by atoms with Crippen molar-refractivity contribution in [2.75, 3.05) is 25.4 Å². The summed E-state index contributed by atoms with van der Waals surface area (Å²) in [5, 5.41) is 17.4. The molecule has 1 spiro atoms. The molecule has 1 atom stereocenters. The first-order valence-electron chi connectivity index (χ1n) is 13.7. The summed E-state index contributed by atoms with van der Waals surface area (Å²) in [6.07, 6.45) is -8.23. The number of pyridine rings is 1. The summed E-state index contributed by atoms with van der Waals surface area (Å²) >= 11 is 0. The van der Waals surface area contributed by atoms with Crippen molar-refractivity contribution in [3.05, 3.63) is 23.2 Å². The predicted octanol–water partition coefficient (Wildman–Crippen LogP) is 3.90. The van der Waals surface area contributed by atoms with Gasteiger partial charge in [0.15, 0.2) is 5.69 Å². The van der Waals surface area contributed by atoms with Crippen LogP contribution in [-0.2, 0) is 16.6 Å². The summed E-state index contributed by atoms with van der Waals surface area (Å²) in [5.41, 5.74) is -1.59. The summed E-state index contributed by atoms with van der Waals surface area (Å²) in [4.78, 5) is 33.0. The van der Waals surface area contributed by atoms with E-state index in [2.05, 4.69) is 15.2 Å². The summed E-state index contributed by atoms with van der Waals surface area (Å²) in [6.45, 7) is 1.01. The molecule has 4 aliphatic rings. The fourth-order valence-electron chi connectivity index (χ4n) is 6.29. The topological polar surface area (TPSA) is 139 Å². The second-order valence-corrected chi connectivity index (χ2v) is 11.9. The Labute approximate surface area is 235 Å². The van der Waals surface area contributed by atoms with Gasteiger partial charge in [0.1, 0.15) is 5.69 Å². The fourth-order valence-corrected chi connectivity index (χ4v) is 6.29. The monoisotopic (exact) mass is 602 g/mol. The molecular formula is C26H28F6N6O4. The van der Waals surface area contributed by atoms with Crippen LogP contribution in [-0.4, -0.2) is 73.8 Å². The van der Waals surface area contributed by atoms with Crippen LogP contribution in [0.15, 0.2) is 10.5 Å². The number of likely N-dealkylation sites (tertiary alicyclic amines) is 1. The Bertz CT molecular complexity index is 1410. The van der Waals surface area contributed by atoms with E-state index >= 15 is 0 Å². The van der Waals surface area contributed by atoms with Crippen LogP contribution < -0.4 is 5.73 Å². The number of carbonyl (C=O) groups is 2. The van der Waals surface area contributed by atoms with Crippen molar-refractivity contribution in [1.82, 2.24) is 25.0 Å². The average molecular weight is 603 g/mol. The molecule has 2 aliphatic carbocycles. The van der Waals surface area contributed by atoms with E-state index in [9.17, 15) is 41.0 Å². The van der Waals surface area contributed by atoms with Gasteiger partial charge in [-0.1, -0.05) is 6.42 Å². The number of halogens is 6. The number of carbonyl (C=O) groups excluding carboxylic acids is 2. The quantitative estimate of drug-likeness (QED) is 0.494. The molecule has 16 heteroatoms. The van der Waals surface area contributed by atoms with Crippen LogP contribution in [0.3, 0.4) is 0 Å². The van der Waals surface area contributed by atoms with E-state index < -0.39 is 70.7 Å². The molecule has 6 rings (SSSR count). The van der Waals surface area contributed by atoms with Crippen molar-refractivity contribution in [3.8, 4) is 11.6 Å². The number of nitrogen functional groups attached to an aromatic ring is 1. The Kier molecular flexibility index (Phi) is 6.51. The van der Waals surface area contributed by atoms with Crippen LogP contribution in [0.2, 0.25) is 0 Å². The Balaban J connectivity index is 1.34. The van der Waals surface area contributed by atoms with E-state index in [0.717, 1.165) is 12.8 Å². The number of rotatable bonds is 2. The number of nitrogens with two attached hydrogens (primary N) is 1. The fraction of sp³-hybridized carbons (Fsp3) is 0.654. The minimum atomic E-state index is -5.20. The standard InChI is InChI=1S/C26H28F6N6O4/c27-25(28,29)15-8-16(33)18-19-35-36-22(42-19)24(41,26(30,31)32)6-2-1-3-7-38(21(40)17(15)34-18)14-9-23(10-14)11-37(12-23)20(39)13-4-5-13/h8,13-14,41H,1-7,9-12,33H2. The lowest BCUT2D eigenvalue weighted by Gasteiger charge is -2.61. The van der Waals surface area contributed by atoms with Crippen molar-refractivity contribution in [2.45, 2.75) is 75.4 Å². The van der Waals surface area contributed by atoms with E-state index in [1.165, 1.54) is 4.90 Å². The SMILES string of the molecule is Nc1cc(C(F)(F)F)c2nc1-c1nnc(o1)C(O)(C(F)(F)F)CCCCCN(C1CC3(C1)CN(C(=O)C1CC1)C3)C2=O. The van der Waals surface area contributed by atoms with Gasteiger partial charge in [0.2, 0.25) is 11.5 Å². The molecule has 3 fully saturated rings. The molecule has 10 nitrogen and oxygen atoms in total. The number of anilines is 1. The molecular weight excluding hydrogens is 574 g/mol. The lowest BCUT2D eigenvalue weighted by molar-refractivity contribution is -0.277. The van der Waals surface area contributed by atoms with Gasteiger partial charge in [-0.2, -0.15) is 26.3 Å². The zero-order valence-corrected chi connectivity index (χ0v) is 22.3. The largest absolute Gasteiger partial charge is 0.426 e. The number of aromatic nitrogens is 3. The van der Waals surface area contributed by atoms with Crippen LogP contribution in [0.4, 0.5) is 32.0 Å². The van der Waals surface area contributed by atoms with E-state index in [0.29, 0.717) is 32.0 Å². The molecule has 2 amide bonds. The molecule has 4 heterocycles. The van der Waals surface area contributed by atoms with Gasteiger partial charge in [-0.25, -0.2) is 4.98 Å². The molecule has 4 bridgehead atoms. The lowest BCUT2D eigenvalue weighted by atomic mass is 9.60. The highest BCUT2D eigenvalue weighted by atomic mass is 19.4. The second kappa shape index (κ2) is 9.54. The molecule has 2 aromatic heterocycles. The first kappa shape index (κ1) is 28.7. The van der Waals surface area contributed by atoms with E-state index in [4.69, 9.17) is 10.2 Å². The first-order valence-corrected chi connectivity index (χ1v) is 13.7. The molecule has 1 unspecified atom stereocenters. The maximum absolute atomic E-state index is 14.1. The van der Waals surface area contributed by atoms with Gasteiger partial charge >= 0.3 is 12.4 Å². The lowest BCUT2D eigenvalue weighted by Crippen LogP contribution is -2.68. The van der Waals surface area contributed by atoms with Crippen molar-refractivity contribution in [3.63, 3.8) is 0 Å². The van der Waals surface area contributed by atoms with Gasteiger partial charge in [-0.15, -0.1) is 10.2 Å². The number of hydrogen-bond acceptors (Lipinski definition) is 8. The van der Waals surface area contributed by atoms with E-state index in [1.54, 1.807) is 4.90 Å². The highest BCUT2D eigenvalue weighted by Crippen LogP contribution is 2.52. The smallest absolute Gasteiger partial charge is 0.416 e. The van der Waals surface area contributed by atoms with Gasteiger partial charge in [0, 0.05) is 37.0 Å². The Morgan fingerprint density at radius 1 is 1.05 bits per heavy atom. The zero-order chi connectivity index (χ0) is 30.2. The summed E-state index contributed by atoms with van der Waals surface area (Å²) < 4.78 is 89.2. The normalized spacial score (nSPS) is 25.2. The minimum Gasteiger partial charge on any atom is -0.416 e. The predicted molar refractivity (Wildman–Crippen MR) is 131 cm³/mol. The van der Waals surface area contributed by atoms with Gasteiger partial charge < -0.3 is 25.1 Å². The summed E-state index contributed by atoms with van der Waals surface area (Å²) in [7, 11) is 0. The number of alkyl halides is 6. The van der Waals surface area contributed by atoms with Crippen LogP contribution >= 0.6 is 0 Å². The van der Waals surface area contributed by atoms with Crippen LogP contribution in [0, 0.1) is 11.3 Å². The van der Waals surface area contributed by atoms with Crippen molar-refractivity contribution in [2.24, 2.45) is 11.3 Å². The van der Waals surface area contributed by atoms with E-state index in [1.807, 2.05) is 0 Å². The average Bonchev–Trinajstić information content (AvgIpc) is 3.59. The number of amides is 2. The third kappa shape index (κ3) is 4.76. The molecule has 2 saturated carbocycles. The first-order chi connectivity index (χ1) is 19.6. The molecule has 2 aliphatic heterocycles. The van der Waals surface area contributed by atoms with Gasteiger partial charge in [0.25, 0.3) is 17.7 Å². The third-order valence-corrected chi connectivity index (χ3v) is 8.78. The highest BCUT2D eigenvalue weighted by molar-refractivity contribution is 5.95. The number of fused-ring (bicyclic) bond motifs is 5. The molecule has 1 saturated heterocycles. The molecule has 228 valence electrons. The minimum absolute atomic E-state index is 0.0359. The second-order valence-electron chi connectivity index (χ2n) is 11.9. The Hall–Kier alpha value is -3.43. The molecule has 0 radical (unpaired) electrons. The highest BCUT2D eigenvalue weighted by Gasteiger charge is 2.59. The van der Waals surface area contributed by atoms with Gasteiger partial charge in [-0.3, -0.25) is 9.59 Å². The zero-order valence-electron chi connectivity index (χ0n) is 22.3. The molecule has 2 aromatic rings. The van der Waals surface area contributed by atoms with Crippen LogP contribution in [0.1, 0.15) is 73.3 Å². The maximum Gasteiger partial charge on any atom is 0.426 e. The van der Waals surface area contributed by atoms with Gasteiger partial charge in [0.05, 0.1) is 11.3 Å². The van der Waals surface area contributed by atoms with Crippen molar-refractivity contribution < 1.29 is 45.5 Å². The molecule has 3 N–H and O–H groups in total. The molecule has 0 aromatic carbocycles. The Morgan fingerprint density at radius 2 is 1.74 bits per heavy atom. The van der Waals surface area contributed by atoms with Crippen molar-refractivity contribution in [1.29, 1.82) is 0 Å². The molecule has 42 heavy (non-hydrogen) atoms. The Morgan fingerprint density at radius 3 is 2.36 bits per heavy atom. The maximum atomic E-state index is 14.1. The van der Waals surface area contributed by atoms with Gasteiger partial charge in [-0.05, 0) is 51.0 Å². The number of hydrogen-bond donors (Lipinski definition) is 2. The summed E-state index contributed by atoms with van der Waals surface area (Å²) in [5.74, 6) is -2.80.